The maximum absolute atomic E-state index is 13.0. The van der Waals surface area contributed by atoms with Crippen LogP contribution in [-0.2, 0) is 18.4 Å². The molecule has 8 atom stereocenters. The Balaban J connectivity index is 2.57. The zero-order chi connectivity index (χ0) is 45.9. The molecule has 1 aliphatic rings. The highest BCUT2D eigenvalue weighted by atomic mass is 31.2. The molecular formula is C48H86NO12P. The molecule has 1 saturated carbocycles. The Hall–Kier alpha value is -2.00. The molecule has 62 heavy (non-hydrogen) atoms. The summed E-state index contributed by atoms with van der Waals surface area (Å²) in [6.45, 7) is 3.67. The number of phosphoric acid groups is 1. The van der Waals surface area contributed by atoms with Crippen LogP contribution in [0.3, 0.4) is 0 Å². The number of rotatable bonds is 38. The predicted molar refractivity (Wildman–Crippen MR) is 247 cm³/mol. The molecule has 0 spiro atoms. The van der Waals surface area contributed by atoms with Gasteiger partial charge in [0, 0.05) is 0 Å². The Morgan fingerprint density at radius 1 is 0.581 bits per heavy atom. The average Bonchev–Trinajstić information content (AvgIpc) is 3.24. The van der Waals surface area contributed by atoms with Crippen LogP contribution >= 0.6 is 7.82 Å². The van der Waals surface area contributed by atoms with Gasteiger partial charge in [0.15, 0.2) is 0 Å². The van der Waals surface area contributed by atoms with Gasteiger partial charge in [0.25, 0.3) is 0 Å². The molecule has 1 aliphatic carbocycles. The third kappa shape index (κ3) is 28.7. The van der Waals surface area contributed by atoms with E-state index in [0.717, 1.165) is 57.8 Å². The van der Waals surface area contributed by atoms with Crippen LogP contribution in [0.2, 0.25) is 0 Å². The molecule has 14 heteroatoms. The predicted octanol–water partition coefficient (Wildman–Crippen LogP) is 8.09. The summed E-state index contributed by atoms with van der Waals surface area (Å²) in [6, 6.07) is -1.27. The number of aliphatic hydroxyl groups is 7. The molecule has 1 rings (SSSR count). The number of hydrogen-bond acceptors (Lipinski definition) is 11. The van der Waals surface area contributed by atoms with Crippen LogP contribution in [0.15, 0.2) is 60.8 Å². The molecule has 0 aromatic carbocycles. The maximum atomic E-state index is 13.0. The zero-order valence-electron chi connectivity index (χ0n) is 38.0. The first-order valence-electron chi connectivity index (χ1n) is 23.8. The molecule has 0 heterocycles. The Morgan fingerprint density at radius 3 is 1.55 bits per heavy atom. The molecule has 9 N–H and O–H groups in total. The molecule has 0 bridgehead atoms. The van der Waals surface area contributed by atoms with E-state index in [1.807, 2.05) is 0 Å². The minimum absolute atomic E-state index is 0.263. The van der Waals surface area contributed by atoms with Crippen LogP contribution < -0.4 is 5.32 Å². The fourth-order valence-electron chi connectivity index (χ4n) is 7.14. The van der Waals surface area contributed by atoms with Gasteiger partial charge in [-0.15, -0.1) is 0 Å². The molecule has 1 fully saturated rings. The maximum Gasteiger partial charge on any atom is 0.472 e. The van der Waals surface area contributed by atoms with Crippen LogP contribution in [0.4, 0.5) is 0 Å². The van der Waals surface area contributed by atoms with Crippen LogP contribution in [0.25, 0.3) is 0 Å². The molecule has 0 aromatic heterocycles. The summed E-state index contributed by atoms with van der Waals surface area (Å²) in [5.74, 6) is -0.614. The number of aliphatic hydroxyl groups excluding tert-OH is 7. The van der Waals surface area contributed by atoms with Crippen molar-refractivity contribution < 1.29 is 59.0 Å². The fourth-order valence-corrected chi connectivity index (χ4v) is 8.11. The first kappa shape index (κ1) is 58.0. The van der Waals surface area contributed by atoms with Crippen molar-refractivity contribution in [2.75, 3.05) is 6.61 Å². The van der Waals surface area contributed by atoms with E-state index >= 15 is 0 Å². The number of unbranched alkanes of at least 4 members (excludes halogenated alkanes) is 18. The first-order chi connectivity index (χ1) is 29.8. The summed E-state index contributed by atoms with van der Waals surface area (Å²) in [6.07, 6.45) is 31.6. The van der Waals surface area contributed by atoms with Crippen molar-refractivity contribution in [3.8, 4) is 0 Å². The highest BCUT2D eigenvalue weighted by molar-refractivity contribution is 7.47. The Kier molecular flexibility index (Phi) is 34.9. The molecule has 0 radical (unpaired) electrons. The van der Waals surface area contributed by atoms with Crippen LogP contribution in [0.1, 0.15) is 174 Å². The Bertz CT molecular complexity index is 1290. The van der Waals surface area contributed by atoms with Crippen molar-refractivity contribution in [1.82, 2.24) is 5.32 Å². The molecule has 0 aliphatic heterocycles. The summed E-state index contributed by atoms with van der Waals surface area (Å²) in [5, 5.41) is 74.5. The largest absolute Gasteiger partial charge is 0.472 e. The summed E-state index contributed by atoms with van der Waals surface area (Å²) >= 11 is 0. The van der Waals surface area contributed by atoms with Crippen LogP contribution in [0.5, 0.6) is 0 Å². The summed E-state index contributed by atoms with van der Waals surface area (Å²) < 4.78 is 22.9. The summed E-state index contributed by atoms with van der Waals surface area (Å²) in [7, 11) is -5.16. The van der Waals surface area contributed by atoms with Crippen molar-refractivity contribution in [2.24, 2.45) is 0 Å². The number of hydrogen-bond donors (Lipinski definition) is 9. The minimum Gasteiger partial charge on any atom is -0.393 e. The van der Waals surface area contributed by atoms with Gasteiger partial charge in [0.05, 0.1) is 31.3 Å². The van der Waals surface area contributed by atoms with Crippen LogP contribution in [-0.4, -0.2) is 108 Å². The fraction of sp³-hybridized carbons (Fsp3) is 0.771. The highest BCUT2D eigenvalue weighted by Crippen LogP contribution is 2.47. The van der Waals surface area contributed by atoms with E-state index in [-0.39, 0.29) is 6.42 Å². The van der Waals surface area contributed by atoms with Gasteiger partial charge in [-0.1, -0.05) is 158 Å². The van der Waals surface area contributed by atoms with Crippen molar-refractivity contribution in [3.05, 3.63) is 60.8 Å². The summed E-state index contributed by atoms with van der Waals surface area (Å²) in [5.41, 5.74) is 0. The smallest absolute Gasteiger partial charge is 0.393 e. The van der Waals surface area contributed by atoms with Gasteiger partial charge in [0.2, 0.25) is 5.91 Å². The molecule has 8 unspecified atom stereocenters. The monoisotopic (exact) mass is 900 g/mol. The number of phosphoric ester groups is 1. The molecule has 0 saturated heterocycles. The number of carbonyl (C=O) groups excluding carboxylic acids is 1. The second kappa shape index (κ2) is 37.2. The van der Waals surface area contributed by atoms with Gasteiger partial charge in [0.1, 0.15) is 36.6 Å². The lowest BCUT2D eigenvalue weighted by Crippen LogP contribution is -2.64. The van der Waals surface area contributed by atoms with E-state index in [1.165, 1.54) is 83.1 Å². The van der Waals surface area contributed by atoms with Crippen molar-refractivity contribution in [1.29, 1.82) is 0 Å². The lowest BCUT2D eigenvalue weighted by molar-refractivity contribution is -0.220. The van der Waals surface area contributed by atoms with Gasteiger partial charge < -0.3 is 46.0 Å². The van der Waals surface area contributed by atoms with E-state index in [2.05, 4.69) is 67.8 Å². The number of allylic oxidation sites excluding steroid dienone is 9. The Morgan fingerprint density at radius 2 is 1.00 bits per heavy atom. The first-order valence-corrected chi connectivity index (χ1v) is 25.3. The molecular weight excluding hydrogens is 813 g/mol. The van der Waals surface area contributed by atoms with Crippen LogP contribution in [0, 0.1) is 0 Å². The Labute approximate surface area is 373 Å². The average molecular weight is 900 g/mol. The molecule has 13 nitrogen and oxygen atoms in total. The number of amides is 1. The molecule has 0 aromatic rings. The van der Waals surface area contributed by atoms with Crippen molar-refractivity contribution >= 4 is 13.7 Å². The second-order valence-electron chi connectivity index (χ2n) is 16.8. The van der Waals surface area contributed by atoms with E-state index in [9.17, 15) is 50.0 Å². The number of nitrogens with one attached hydrogen (secondary N) is 1. The third-order valence-corrected chi connectivity index (χ3v) is 12.1. The third-order valence-electron chi connectivity index (χ3n) is 11.1. The quantitative estimate of drug-likeness (QED) is 0.0124. The van der Waals surface area contributed by atoms with Gasteiger partial charge in [-0.2, -0.15) is 0 Å². The van der Waals surface area contributed by atoms with E-state index < -0.39 is 75.2 Å². The summed E-state index contributed by atoms with van der Waals surface area (Å²) in [4.78, 5) is 23.4. The normalized spacial score (nSPS) is 23.6. The van der Waals surface area contributed by atoms with E-state index in [1.54, 1.807) is 6.08 Å². The second-order valence-corrected chi connectivity index (χ2v) is 18.2. The minimum atomic E-state index is -5.16. The lowest BCUT2D eigenvalue weighted by Gasteiger charge is -2.41. The van der Waals surface area contributed by atoms with Gasteiger partial charge in [-0.3, -0.25) is 13.8 Å². The van der Waals surface area contributed by atoms with Crippen molar-refractivity contribution in [2.45, 2.75) is 229 Å². The lowest BCUT2D eigenvalue weighted by atomic mass is 9.85. The zero-order valence-corrected chi connectivity index (χ0v) is 38.9. The standard InChI is InChI=1S/C48H86NO12P/c1-3-5-7-9-11-13-15-17-19-20-22-23-25-27-29-31-33-35-39(50)37-42(52)49-40(38-60-62(58,59)61-48-46(56)44(54)43(53)45(55)47(48)57)41(51)36-34-32-30-28-26-24-21-18-16-14-12-10-8-6-4-2/h11,13,15-18,26,28,34,36,39-41,43-48,50-51,53-57H,3-10,12,14,19-25,27,29-33,35,37-38H2,1-2H3,(H,49,52)(H,58,59)/b13-11-,17-15-,18-16+,28-26+,36-34+. The van der Waals surface area contributed by atoms with E-state index in [0.29, 0.717) is 19.3 Å². The highest BCUT2D eigenvalue weighted by Gasteiger charge is 2.51. The van der Waals surface area contributed by atoms with Gasteiger partial charge in [-0.05, 0) is 70.6 Å². The van der Waals surface area contributed by atoms with Gasteiger partial charge >= 0.3 is 7.82 Å². The molecule has 360 valence electrons. The molecule has 1 amide bonds. The van der Waals surface area contributed by atoms with Gasteiger partial charge in [-0.25, -0.2) is 4.57 Å². The van der Waals surface area contributed by atoms with E-state index in [4.69, 9.17) is 9.05 Å². The van der Waals surface area contributed by atoms with Crippen molar-refractivity contribution in [3.63, 3.8) is 0 Å². The number of carbonyl (C=O) groups is 1. The SMILES string of the molecule is CCCCC/C=C\C=C/CCCCCCCCCCC(O)CC(=O)NC(COP(=O)(O)OC1C(O)C(O)C(O)C(O)C1O)C(O)/C=C/CC/C=C/CC/C=C/CCCCCCC. The topological polar surface area (TPSA) is 226 Å².